The van der Waals surface area contributed by atoms with Crippen molar-refractivity contribution >= 4 is 51.1 Å². The predicted octanol–water partition coefficient (Wildman–Crippen LogP) is 6.94. The van der Waals surface area contributed by atoms with Gasteiger partial charge in [-0.3, -0.25) is 4.79 Å². The molecule has 4 nitrogen and oxygen atoms in total. The third kappa shape index (κ3) is 6.49. The SMILES string of the molecule is C[C@@H]1CCCC[C@@H]1NC(=O)/C(C#N)=C/c1ccc(OCc2ccc(Cl)cc2Cl)c(Br)c1. The van der Waals surface area contributed by atoms with Crippen LogP contribution in [0.15, 0.2) is 46.4 Å². The largest absolute Gasteiger partial charge is 0.488 e. The van der Waals surface area contributed by atoms with Gasteiger partial charge in [-0.2, -0.15) is 5.26 Å². The van der Waals surface area contributed by atoms with E-state index in [1.54, 1.807) is 30.3 Å². The lowest BCUT2D eigenvalue weighted by atomic mass is 9.86. The van der Waals surface area contributed by atoms with Crippen molar-refractivity contribution in [2.45, 2.75) is 45.3 Å². The number of benzene rings is 2. The van der Waals surface area contributed by atoms with Crippen molar-refractivity contribution in [3.63, 3.8) is 0 Å². The lowest BCUT2D eigenvalue weighted by Gasteiger charge is -2.29. The van der Waals surface area contributed by atoms with E-state index in [2.05, 4.69) is 28.2 Å². The first kappa shape index (κ1) is 23.7. The van der Waals surface area contributed by atoms with E-state index in [1.807, 2.05) is 18.2 Å². The molecule has 1 aliphatic carbocycles. The third-order valence-electron chi connectivity index (χ3n) is 5.46. The second-order valence-electron chi connectivity index (χ2n) is 7.73. The summed E-state index contributed by atoms with van der Waals surface area (Å²) in [6.07, 6.45) is 5.96. The maximum atomic E-state index is 12.6. The summed E-state index contributed by atoms with van der Waals surface area (Å²) in [5.41, 5.74) is 1.64. The number of hydrogen-bond acceptors (Lipinski definition) is 3. The van der Waals surface area contributed by atoms with Crippen LogP contribution in [0.2, 0.25) is 10.0 Å². The van der Waals surface area contributed by atoms with Gasteiger partial charge in [0.15, 0.2) is 0 Å². The van der Waals surface area contributed by atoms with Crippen LogP contribution in [0.25, 0.3) is 6.08 Å². The number of nitriles is 1. The van der Waals surface area contributed by atoms with Gasteiger partial charge < -0.3 is 10.1 Å². The Morgan fingerprint density at radius 2 is 2.03 bits per heavy atom. The molecule has 0 bridgehead atoms. The molecule has 1 saturated carbocycles. The molecule has 2 aromatic rings. The fraction of sp³-hybridized carbons (Fsp3) is 0.333. The lowest BCUT2D eigenvalue weighted by Crippen LogP contribution is -2.41. The van der Waals surface area contributed by atoms with E-state index >= 15 is 0 Å². The van der Waals surface area contributed by atoms with Crippen molar-refractivity contribution in [1.82, 2.24) is 5.32 Å². The molecule has 1 N–H and O–H groups in total. The van der Waals surface area contributed by atoms with Crippen LogP contribution in [-0.2, 0) is 11.4 Å². The van der Waals surface area contributed by atoms with E-state index in [0.717, 1.165) is 30.4 Å². The highest BCUT2D eigenvalue weighted by Gasteiger charge is 2.24. The Kier molecular flexibility index (Phi) is 8.43. The normalized spacial score (nSPS) is 18.9. The Morgan fingerprint density at radius 3 is 2.71 bits per heavy atom. The molecule has 1 amide bonds. The van der Waals surface area contributed by atoms with Crippen molar-refractivity contribution < 1.29 is 9.53 Å². The van der Waals surface area contributed by atoms with Crippen LogP contribution in [-0.4, -0.2) is 11.9 Å². The molecule has 0 saturated heterocycles. The molecule has 2 atom stereocenters. The topological polar surface area (TPSA) is 62.1 Å². The first-order valence-electron chi connectivity index (χ1n) is 10.2. The minimum Gasteiger partial charge on any atom is -0.488 e. The van der Waals surface area contributed by atoms with Crippen LogP contribution in [0.1, 0.15) is 43.7 Å². The van der Waals surface area contributed by atoms with E-state index in [9.17, 15) is 10.1 Å². The number of hydrogen-bond donors (Lipinski definition) is 1. The van der Waals surface area contributed by atoms with Gasteiger partial charge >= 0.3 is 0 Å². The van der Waals surface area contributed by atoms with Gasteiger partial charge in [0.25, 0.3) is 5.91 Å². The molecule has 162 valence electrons. The predicted molar refractivity (Wildman–Crippen MR) is 128 cm³/mol. The zero-order chi connectivity index (χ0) is 22.4. The number of rotatable bonds is 6. The summed E-state index contributed by atoms with van der Waals surface area (Å²) in [6, 6.07) is 12.8. The maximum absolute atomic E-state index is 12.6. The van der Waals surface area contributed by atoms with Gasteiger partial charge in [0.05, 0.1) is 4.47 Å². The second kappa shape index (κ2) is 11.0. The van der Waals surface area contributed by atoms with Crippen molar-refractivity contribution in [2.24, 2.45) is 5.92 Å². The highest BCUT2D eigenvalue weighted by molar-refractivity contribution is 9.10. The molecule has 31 heavy (non-hydrogen) atoms. The van der Waals surface area contributed by atoms with Gasteiger partial charge in [-0.25, -0.2) is 0 Å². The highest BCUT2D eigenvalue weighted by Crippen LogP contribution is 2.29. The van der Waals surface area contributed by atoms with Crippen LogP contribution < -0.4 is 10.1 Å². The second-order valence-corrected chi connectivity index (χ2v) is 9.42. The van der Waals surface area contributed by atoms with E-state index in [0.29, 0.717) is 26.2 Å². The van der Waals surface area contributed by atoms with Gasteiger partial charge in [-0.15, -0.1) is 0 Å². The summed E-state index contributed by atoms with van der Waals surface area (Å²) >= 11 is 15.6. The lowest BCUT2D eigenvalue weighted by molar-refractivity contribution is -0.118. The molecule has 3 rings (SSSR count). The Labute approximate surface area is 201 Å². The minimum absolute atomic E-state index is 0.0892. The number of carbonyl (C=O) groups is 1. The number of ether oxygens (including phenoxy) is 1. The van der Waals surface area contributed by atoms with Crippen LogP contribution in [0.3, 0.4) is 0 Å². The molecule has 7 heteroatoms. The number of halogens is 3. The van der Waals surface area contributed by atoms with Gasteiger partial charge in [0.1, 0.15) is 24.0 Å². The zero-order valence-electron chi connectivity index (χ0n) is 17.1. The number of carbonyl (C=O) groups excluding carboxylic acids is 1. The van der Waals surface area contributed by atoms with Crippen LogP contribution in [0, 0.1) is 17.2 Å². The van der Waals surface area contributed by atoms with Gasteiger partial charge in [0, 0.05) is 21.7 Å². The number of nitrogens with one attached hydrogen (secondary N) is 1. The monoisotopic (exact) mass is 520 g/mol. The summed E-state index contributed by atoms with van der Waals surface area (Å²) in [7, 11) is 0. The summed E-state index contributed by atoms with van der Waals surface area (Å²) in [6.45, 7) is 2.43. The summed E-state index contributed by atoms with van der Waals surface area (Å²) in [5, 5.41) is 13.6. The molecule has 0 aliphatic heterocycles. The Bertz CT molecular complexity index is 1030. The Hall–Kier alpha value is -2.00. The molecule has 0 radical (unpaired) electrons. The smallest absolute Gasteiger partial charge is 0.262 e. The molecule has 0 heterocycles. The quantitative estimate of drug-likeness (QED) is 0.331. The van der Waals surface area contributed by atoms with E-state index in [1.165, 1.54) is 6.42 Å². The number of amides is 1. The van der Waals surface area contributed by atoms with Crippen LogP contribution >= 0.6 is 39.1 Å². The van der Waals surface area contributed by atoms with E-state index < -0.39 is 0 Å². The molecule has 0 spiro atoms. The third-order valence-corrected chi connectivity index (χ3v) is 6.66. The van der Waals surface area contributed by atoms with Crippen LogP contribution in [0.4, 0.5) is 0 Å². The van der Waals surface area contributed by atoms with Gasteiger partial charge in [-0.1, -0.05) is 55.1 Å². The fourth-order valence-electron chi connectivity index (χ4n) is 3.61. The molecule has 0 aromatic heterocycles. The Morgan fingerprint density at radius 1 is 1.26 bits per heavy atom. The van der Waals surface area contributed by atoms with Gasteiger partial charge in [0.2, 0.25) is 0 Å². The van der Waals surface area contributed by atoms with Gasteiger partial charge in [-0.05, 0) is 70.6 Å². The van der Waals surface area contributed by atoms with Crippen molar-refractivity contribution in [3.05, 3.63) is 67.6 Å². The van der Waals surface area contributed by atoms with E-state index in [-0.39, 0.29) is 24.1 Å². The summed E-state index contributed by atoms with van der Waals surface area (Å²) < 4.78 is 6.56. The fourth-order valence-corrected chi connectivity index (χ4v) is 4.58. The molecule has 1 fully saturated rings. The average Bonchev–Trinajstić information content (AvgIpc) is 2.74. The molecule has 1 aliphatic rings. The number of nitrogens with zero attached hydrogens (tertiary/aromatic N) is 1. The Balaban J connectivity index is 1.68. The molecule has 0 unspecified atom stereocenters. The minimum atomic E-state index is -0.324. The van der Waals surface area contributed by atoms with Crippen molar-refractivity contribution in [1.29, 1.82) is 5.26 Å². The van der Waals surface area contributed by atoms with Crippen molar-refractivity contribution in [3.8, 4) is 11.8 Å². The zero-order valence-corrected chi connectivity index (χ0v) is 20.2. The van der Waals surface area contributed by atoms with Crippen LogP contribution in [0.5, 0.6) is 5.75 Å². The first-order valence-corrected chi connectivity index (χ1v) is 11.7. The first-order chi connectivity index (χ1) is 14.9. The average molecular weight is 522 g/mol. The molecule has 2 aromatic carbocycles. The summed E-state index contributed by atoms with van der Waals surface area (Å²) in [4.78, 5) is 12.6. The van der Waals surface area contributed by atoms with E-state index in [4.69, 9.17) is 27.9 Å². The standard InChI is InChI=1S/C24H23BrCl2N2O2/c1-15-4-2-3-5-22(15)29-24(30)18(13-28)10-16-6-9-23(20(25)11-16)31-14-17-7-8-19(26)12-21(17)27/h6-12,15,22H,2-5,14H2,1H3,(H,29,30)/b18-10+/t15-,22+/m1/s1. The highest BCUT2D eigenvalue weighted by atomic mass is 79.9. The molecular formula is C24H23BrCl2N2O2. The van der Waals surface area contributed by atoms with Crippen molar-refractivity contribution in [2.75, 3.05) is 0 Å². The summed E-state index contributed by atoms with van der Waals surface area (Å²) in [5.74, 6) is 0.731. The molecular weight excluding hydrogens is 499 g/mol. The maximum Gasteiger partial charge on any atom is 0.262 e.